The predicted molar refractivity (Wildman–Crippen MR) is 188 cm³/mol. The fourth-order valence-electron chi connectivity index (χ4n) is 7.25. The van der Waals surface area contributed by atoms with Crippen molar-refractivity contribution >= 4 is 21.8 Å². The SMILES string of the molecule is CC1(C)c2ccccc2-c2c1ccc1c2c2ccccc2n1-c1nc(-c2ccccc2)nc(-c2cccc(-c3ccccc3)c2)n1. The number of hydrogen-bond acceptors (Lipinski definition) is 3. The van der Waals surface area contributed by atoms with Crippen LogP contribution in [0.3, 0.4) is 0 Å². The Morgan fingerprint density at radius 3 is 1.91 bits per heavy atom. The number of aromatic nitrogens is 4. The Labute approximate surface area is 267 Å². The maximum atomic E-state index is 5.21. The van der Waals surface area contributed by atoms with Gasteiger partial charge in [0, 0.05) is 27.3 Å². The van der Waals surface area contributed by atoms with Crippen molar-refractivity contribution in [3.05, 3.63) is 157 Å². The van der Waals surface area contributed by atoms with Gasteiger partial charge in [-0.15, -0.1) is 0 Å². The summed E-state index contributed by atoms with van der Waals surface area (Å²) in [6.45, 7) is 4.66. The van der Waals surface area contributed by atoms with Crippen molar-refractivity contribution in [3.8, 4) is 51.0 Å². The Kier molecular flexibility index (Phi) is 5.81. The van der Waals surface area contributed by atoms with Gasteiger partial charge in [-0.1, -0.05) is 141 Å². The number of nitrogens with zero attached hydrogens (tertiary/aromatic N) is 4. The van der Waals surface area contributed by atoms with E-state index >= 15 is 0 Å². The number of para-hydroxylation sites is 1. The zero-order valence-electron chi connectivity index (χ0n) is 25.6. The quantitative estimate of drug-likeness (QED) is 0.205. The van der Waals surface area contributed by atoms with Gasteiger partial charge in [-0.2, -0.15) is 9.97 Å². The van der Waals surface area contributed by atoms with Crippen molar-refractivity contribution in [2.45, 2.75) is 19.3 Å². The van der Waals surface area contributed by atoms with Gasteiger partial charge >= 0.3 is 0 Å². The Bertz CT molecular complexity index is 2440. The average Bonchev–Trinajstić information content (AvgIpc) is 3.58. The van der Waals surface area contributed by atoms with Crippen LogP contribution in [0.5, 0.6) is 0 Å². The lowest BCUT2D eigenvalue weighted by Crippen LogP contribution is -2.14. The second kappa shape index (κ2) is 10.1. The first-order chi connectivity index (χ1) is 22.6. The molecule has 2 aromatic heterocycles. The summed E-state index contributed by atoms with van der Waals surface area (Å²) in [5.41, 5.74) is 11.6. The van der Waals surface area contributed by atoms with Crippen LogP contribution in [-0.4, -0.2) is 19.5 Å². The molecule has 0 spiro atoms. The van der Waals surface area contributed by atoms with Crippen molar-refractivity contribution in [2.75, 3.05) is 0 Å². The third-order valence-corrected chi connectivity index (χ3v) is 9.47. The molecule has 0 aliphatic heterocycles. The average molecular weight is 591 g/mol. The molecule has 9 rings (SSSR count). The molecule has 1 aliphatic carbocycles. The van der Waals surface area contributed by atoms with E-state index in [4.69, 9.17) is 15.0 Å². The van der Waals surface area contributed by atoms with Crippen LogP contribution in [0.1, 0.15) is 25.0 Å². The molecule has 0 bridgehead atoms. The minimum Gasteiger partial charge on any atom is -0.278 e. The topological polar surface area (TPSA) is 43.6 Å². The molecule has 6 aromatic carbocycles. The van der Waals surface area contributed by atoms with E-state index in [-0.39, 0.29) is 5.41 Å². The number of rotatable bonds is 4. The second-order valence-electron chi connectivity index (χ2n) is 12.5. The van der Waals surface area contributed by atoms with Gasteiger partial charge in [0.25, 0.3) is 0 Å². The number of hydrogen-bond donors (Lipinski definition) is 0. The summed E-state index contributed by atoms with van der Waals surface area (Å²) in [7, 11) is 0. The molecule has 4 heteroatoms. The third-order valence-electron chi connectivity index (χ3n) is 9.47. The fraction of sp³-hybridized carbons (Fsp3) is 0.0714. The standard InChI is InChI=1S/C42H30N4/c1-42(2)33-22-11-9-20-31(33)37-34(42)24-25-36-38(37)32-21-10-12-23-35(32)46(36)41-44-39(28-16-7-4-8-17-28)43-40(45-41)30-19-13-18-29(26-30)27-14-5-3-6-15-27/h3-26H,1-2H3. The molecule has 1 aliphatic rings. The van der Waals surface area contributed by atoms with Gasteiger partial charge in [0.1, 0.15) is 0 Å². The Hall–Kier alpha value is -5.87. The van der Waals surface area contributed by atoms with Gasteiger partial charge in [-0.25, -0.2) is 4.98 Å². The molecule has 4 nitrogen and oxygen atoms in total. The van der Waals surface area contributed by atoms with E-state index in [0.717, 1.165) is 33.3 Å². The molecule has 0 saturated heterocycles. The highest BCUT2D eigenvalue weighted by Crippen LogP contribution is 2.53. The molecule has 8 aromatic rings. The maximum absolute atomic E-state index is 5.21. The van der Waals surface area contributed by atoms with Gasteiger partial charge in [0.05, 0.1) is 11.0 Å². The molecule has 0 N–H and O–H groups in total. The molecule has 46 heavy (non-hydrogen) atoms. The van der Waals surface area contributed by atoms with E-state index < -0.39 is 0 Å². The Balaban J connectivity index is 1.34. The lowest BCUT2D eigenvalue weighted by molar-refractivity contribution is 0.661. The molecule has 0 unspecified atom stereocenters. The molecule has 218 valence electrons. The minimum atomic E-state index is -0.0894. The van der Waals surface area contributed by atoms with Crippen molar-refractivity contribution in [1.29, 1.82) is 0 Å². The van der Waals surface area contributed by atoms with E-state index in [9.17, 15) is 0 Å². The fourth-order valence-corrected chi connectivity index (χ4v) is 7.25. The van der Waals surface area contributed by atoms with Gasteiger partial charge in [-0.3, -0.25) is 4.57 Å². The summed E-state index contributed by atoms with van der Waals surface area (Å²) >= 11 is 0. The molecular weight excluding hydrogens is 560 g/mol. The van der Waals surface area contributed by atoms with Crippen LogP contribution < -0.4 is 0 Å². The molecule has 0 amide bonds. The van der Waals surface area contributed by atoms with E-state index in [0.29, 0.717) is 17.6 Å². The first kappa shape index (κ1) is 26.5. The minimum absolute atomic E-state index is 0.0894. The van der Waals surface area contributed by atoms with Gasteiger partial charge in [0.15, 0.2) is 11.6 Å². The summed E-state index contributed by atoms with van der Waals surface area (Å²) in [4.78, 5) is 15.4. The van der Waals surface area contributed by atoms with Crippen LogP contribution in [0, 0.1) is 0 Å². The van der Waals surface area contributed by atoms with Gasteiger partial charge in [-0.05, 0) is 51.6 Å². The van der Waals surface area contributed by atoms with Crippen LogP contribution in [0.25, 0.3) is 72.8 Å². The van der Waals surface area contributed by atoms with Crippen LogP contribution >= 0.6 is 0 Å². The Morgan fingerprint density at radius 2 is 1.11 bits per heavy atom. The highest BCUT2D eigenvalue weighted by Gasteiger charge is 2.37. The summed E-state index contributed by atoms with van der Waals surface area (Å²) in [5, 5.41) is 2.43. The molecular formula is C42H30N4. The summed E-state index contributed by atoms with van der Waals surface area (Å²) in [5.74, 6) is 1.88. The van der Waals surface area contributed by atoms with E-state index in [2.05, 4.69) is 140 Å². The summed E-state index contributed by atoms with van der Waals surface area (Å²) in [6, 6.07) is 51.1. The molecule has 2 heterocycles. The summed E-state index contributed by atoms with van der Waals surface area (Å²) < 4.78 is 2.22. The Morgan fingerprint density at radius 1 is 0.478 bits per heavy atom. The third kappa shape index (κ3) is 3.97. The summed E-state index contributed by atoms with van der Waals surface area (Å²) in [6.07, 6.45) is 0. The van der Waals surface area contributed by atoms with Crippen LogP contribution in [0.2, 0.25) is 0 Å². The monoisotopic (exact) mass is 590 g/mol. The van der Waals surface area contributed by atoms with E-state index in [1.165, 1.54) is 33.0 Å². The molecule has 0 saturated carbocycles. The first-order valence-corrected chi connectivity index (χ1v) is 15.7. The predicted octanol–water partition coefficient (Wildman–Crippen LogP) is 10.3. The number of benzene rings is 6. The van der Waals surface area contributed by atoms with Crippen molar-refractivity contribution < 1.29 is 0 Å². The highest BCUT2D eigenvalue weighted by molar-refractivity contribution is 6.17. The lowest BCUT2D eigenvalue weighted by atomic mass is 9.82. The number of fused-ring (bicyclic) bond motifs is 7. The van der Waals surface area contributed by atoms with Crippen LogP contribution in [0.15, 0.2) is 146 Å². The zero-order chi connectivity index (χ0) is 30.8. The largest absolute Gasteiger partial charge is 0.278 e. The maximum Gasteiger partial charge on any atom is 0.238 e. The molecule has 0 fully saturated rings. The second-order valence-corrected chi connectivity index (χ2v) is 12.5. The zero-order valence-corrected chi connectivity index (χ0v) is 25.6. The first-order valence-electron chi connectivity index (χ1n) is 15.7. The highest BCUT2D eigenvalue weighted by atomic mass is 15.2. The lowest BCUT2D eigenvalue weighted by Gasteiger charge is -2.21. The normalized spacial score (nSPS) is 13.2. The van der Waals surface area contributed by atoms with Crippen LogP contribution in [0.4, 0.5) is 0 Å². The van der Waals surface area contributed by atoms with Crippen molar-refractivity contribution in [2.24, 2.45) is 0 Å². The van der Waals surface area contributed by atoms with Crippen molar-refractivity contribution in [1.82, 2.24) is 19.5 Å². The van der Waals surface area contributed by atoms with Crippen molar-refractivity contribution in [3.63, 3.8) is 0 Å². The van der Waals surface area contributed by atoms with Gasteiger partial charge < -0.3 is 0 Å². The van der Waals surface area contributed by atoms with E-state index in [1.54, 1.807) is 0 Å². The van der Waals surface area contributed by atoms with Crippen LogP contribution in [-0.2, 0) is 5.41 Å². The molecule has 0 radical (unpaired) electrons. The smallest absolute Gasteiger partial charge is 0.238 e. The molecule has 0 atom stereocenters. The van der Waals surface area contributed by atoms with Gasteiger partial charge in [0.2, 0.25) is 5.95 Å². The van der Waals surface area contributed by atoms with E-state index in [1.807, 2.05) is 24.3 Å².